The number of aliphatic hydroxyl groups is 1. The molecule has 1 aliphatic carbocycles. The van der Waals surface area contributed by atoms with E-state index in [2.05, 4.69) is 0 Å². The first kappa shape index (κ1) is 23.4. The van der Waals surface area contributed by atoms with Crippen LogP contribution in [0.1, 0.15) is 36.4 Å². The molecule has 0 radical (unpaired) electrons. The Kier molecular flexibility index (Phi) is 7.79. The zero-order valence-corrected chi connectivity index (χ0v) is 19.3. The molecule has 1 heterocycles. The molecule has 2 aromatic carbocycles. The summed E-state index contributed by atoms with van der Waals surface area (Å²) in [5, 5.41) is 21.7. The second-order valence-electron chi connectivity index (χ2n) is 7.47. The SMILES string of the molecule is O=C([O-])/C=C\C[C@H](O)/C=C/c1c(C2CC2)nc2ccccc2c1-c1ccc(F)cc1.[Na+]. The van der Waals surface area contributed by atoms with Crippen molar-refractivity contribution in [2.45, 2.75) is 31.3 Å². The summed E-state index contributed by atoms with van der Waals surface area (Å²) >= 11 is 0. The van der Waals surface area contributed by atoms with E-state index in [4.69, 9.17) is 4.98 Å². The molecule has 1 aromatic heterocycles. The Morgan fingerprint density at radius 1 is 1.19 bits per heavy atom. The summed E-state index contributed by atoms with van der Waals surface area (Å²) < 4.78 is 13.6. The van der Waals surface area contributed by atoms with E-state index in [0.29, 0.717) is 5.92 Å². The Hall–Kier alpha value is -2.31. The molecule has 0 saturated heterocycles. The first-order chi connectivity index (χ1) is 14.5. The number of hydrogen-bond donors (Lipinski definition) is 1. The zero-order valence-electron chi connectivity index (χ0n) is 17.3. The molecule has 31 heavy (non-hydrogen) atoms. The quantitative estimate of drug-likeness (QED) is 0.453. The third-order valence-corrected chi connectivity index (χ3v) is 5.17. The van der Waals surface area contributed by atoms with Gasteiger partial charge >= 0.3 is 29.6 Å². The molecule has 0 unspecified atom stereocenters. The summed E-state index contributed by atoms with van der Waals surface area (Å²) in [6.07, 6.45) is 7.21. The summed E-state index contributed by atoms with van der Waals surface area (Å²) in [6.45, 7) is 0. The van der Waals surface area contributed by atoms with Gasteiger partial charge in [-0.05, 0) is 49.1 Å². The largest absolute Gasteiger partial charge is 1.00 e. The second kappa shape index (κ2) is 10.3. The second-order valence-corrected chi connectivity index (χ2v) is 7.47. The van der Waals surface area contributed by atoms with Crippen LogP contribution in [0.15, 0.2) is 66.8 Å². The standard InChI is InChI=1S/C25H22FNO3.Na/c26-18-12-10-16(11-13-18)24-20-5-1-2-6-22(20)27-25(17-8-9-17)21(24)15-14-19(28)4-3-7-23(29)30;/h1-3,5-7,10-15,17,19,28H,4,8-9H2,(H,29,30);/q;+1/p-1/b7-3-,15-14+;/t19-;/m0./s1. The molecule has 3 aromatic rings. The first-order valence-electron chi connectivity index (χ1n) is 9.95. The van der Waals surface area contributed by atoms with Crippen molar-refractivity contribution in [2.75, 3.05) is 0 Å². The molecule has 152 valence electrons. The van der Waals surface area contributed by atoms with Gasteiger partial charge in [-0.2, -0.15) is 0 Å². The summed E-state index contributed by atoms with van der Waals surface area (Å²) in [5.74, 6) is -1.23. The normalized spacial score (nSPS) is 14.8. The third-order valence-electron chi connectivity index (χ3n) is 5.17. The van der Waals surface area contributed by atoms with Crippen molar-refractivity contribution in [3.63, 3.8) is 0 Å². The molecule has 1 saturated carbocycles. The number of carbonyl (C=O) groups is 1. The van der Waals surface area contributed by atoms with Crippen molar-refractivity contribution in [3.05, 3.63) is 83.8 Å². The number of aliphatic hydroxyl groups excluding tert-OH is 1. The number of carboxylic acid groups (broad SMARTS) is 1. The van der Waals surface area contributed by atoms with E-state index in [0.717, 1.165) is 52.2 Å². The topological polar surface area (TPSA) is 73.2 Å². The van der Waals surface area contributed by atoms with Gasteiger partial charge in [-0.3, -0.25) is 4.98 Å². The Morgan fingerprint density at radius 3 is 2.58 bits per heavy atom. The molecule has 0 aliphatic heterocycles. The van der Waals surface area contributed by atoms with Crippen molar-refractivity contribution in [2.24, 2.45) is 0 Å². The van der Waals surface area contributed by atoms with E-state index >= 15 is 0 Å². The van der Waals surface area contributed by atoms with Crippen LogP contribution < -0.4 is 34.7 Å². The van der Waals surface area contributed by atoms with Gasteiger partial charge in [0.2, 0.25) is 0 Å². The van der Waals surface area contributed by atoms with Gasteiger partial charge in [0.1, 0.15) is 5.82 Å². The molecular formula is C25H21FNNaO3. The van der Waals surface area contributed by atoms with Crippen LogP contribution in [0.2, 0.25) is 0 Å². The summed E-state index contributed by atoms with van der Waals surface area (Å²) in [6, 6.07) is 14.2. The van der Waals surface area contributed by atoms with E-state index in [1.807, 2.05) is 30.3 Å². The number of pyridine rings is 1. The maximum absolute atomic E-state index is 13.6. The van der Waals surface area contributed by atoms with Crippen molar-refractivity contribution >= 4 is 22.9 Å². The Bertz CT molecular complexity index is 1140. The van der Waals surface area contributed by atoms with E-state index in [9.17, 15) is 19.4 Å². The molecule has 6 heteroatoms. The van der Waals surface area contributed by atoms with Gasteiger partial charge in [0.25, 0.3) is 0 Å². The number of halogens is 1. The van der Waals surface area contributed by atoms with Crippen molar-refractivity contribution in [1.82, 2.24) is 4.98 Å². The number of hydrogen-bond acceptors (Lipinski definition) is 4. The Morgan fingerprint density at radius 2 is 1.90 bits per heavy atom. The van der Waals surface area contributed by atoms with Gasteiger partial charge in [-0.15, -0.1) is 0 Å². The molecule has 0 spiro atoms. The summed E-state index contributed by atoms with van der Waals surface area (Å²) in [7, 11) is 0. The van der Waals surface area contributed by atoms with Gasteiger partial charge in [0.15, 0.2) is 0 Å². The van der Waals surface area contributed by atoms with Gasteiger partial charge in [0.05, 0.1) is 23.3 Å². The summed E-state index contributed by atoms with van der Waals surface area (Å²) in [4.78, 5) is 15.4. The van der Waals surface area contributed by atoms with Gasteiger partial charge in [-0.1, -0.05) is 48.6 Å². The Balaban J connectivity index is 0.00000272. The van der Waals surface area contributed by atoms with Crippen molar-refractivity contribution < 1.29 is 49.0 Å². The monoisotopic (exact) mass is 425 g/mol. The minimum atomic E-state index is -1.29. The number of benzene rings is 2. The predicted molar refractivity (Wildman–Crippen MR) is 113 cm³/mol. The number of aromatic nitrogens is 1. The van der Waals surface area contributed by atoms with Gasteiger partial charge in [0, 0.05) is 22.4 Å². The third kappa shape index (κ3) is 5.69. The molecule has 0 amide bonds. The van der Waals surface area contributed by atoms with Crippen LogP contribution in [0.5, 0.6) is 0 Å². The predicted octanol–water partition coefficient (Wildman–Crippen LogP) is 0.993. The smallest absolute Gasteiger partial charge is 0.545 e. The maximum Gasteiger partial charge on any atom is 1.00 e. The fraction of sp³-hybridized carbons (Fsp3) is 0.200. The minimum absolute atomic E-state index is 0. The molecule has 1 N–H and O–H groups in total. The van der Waals surface area contributed by atoms with Gasteiger partial charge in [-0.25, -0.2) is 4.39 Å². The fourth-order valence-corrected chi connectivity index (χ4v) is 3.60. The van der Waals surface area contributed by atoms with Crippen LogP contribution in [0.4, 0.5) is 4.39 Å². The molecule has 1 atom stereocenters. The van der Waals surface area contributed by atoms with E-state index in [-0.39, 0.29) is 41.8 Å². The van der Waals surface area contributed by atoms with Crippen LogP contribution in [-0.2, 0) is 4.79 Å². The molecule has 0 bridgehead atoms. The van der Waals surface area contributed by atoms with Crippen molar-refractivity contribution in [3.8, 4) is 11.1 Å². The van der Waals surface area contributed by atoms with E-state index in [1.165, 1.54) is 18.2 Å². The Labute approximate surface area is 202 Å². The van der Waals surface area contributed by atoms with E-state index in [1.54, 1.807) is 18.2 Å². The van der Waals surface area contributed by atoms with Crippen LogP contribution in [0.25, 0.3) is 28.1 Å². The average molecular weight is 425 g/mol. The number of rotatable bonds is 7. The molecule has 1 fully saturated rings. The van der Waals surface area contributed by atoms with Crippen molar-refractivity contribution in [1.29, 1.82) is 0 Å². The fourth-order valence-electron chi connectivity index (χ4n) is 3.60. The van der Waals surface area contributed by atoms with E-state index < -0.39 is 12.1 Å². The molecular weight excluding hydrogens is 404 g/mol. The number of carboxylic acids is 1. The number of carbonyl (C=O) groups excluding carboxylic acids is 1. The first-order valence-corrected chi connectivity index (χ1v) is 9.95. The number of nitrogens with zero attached hydrogens (tertiary/aromatic N) is 1. The number of para-hydroxylation sites is 1. The van der Waals surface area contributed by atoms with Crippen LogP contribution >= 0.6 is 0 Å². The van der Waals surface area contributed by atoms with Crippen LogP contribution in [0.3, 0.4) is 0 Å². The van der Waals surface area contributed by atoms with Gasteiger partial charge < -0.3 is 15.0 Å². The average Bonchev–Trinajstić information content (AvgIpc) is 3.57. The molecule has 1 aliphatic rings. The van der Waals surface area contributed by atoms with Crippen LogP contribution in [0, 0.1) is 5.82 Å². The van der Waals surface area contributed by atoms with Crippen LogP contribution in [-0.4, -0.2) is 22.2 Å². The maximum atomic E-state index is 13.6. The zero-order chi connectivity index (χ0) is 21.1. The molecule has 4 rings (SSSR count). The minimum Gasteiger partial charge on any atom is -0.545 e. The molecule has 4 nitrogen and oxygen atoms in total. The summed E-state index contributed by atoms with van der Waals surface area (Å²) in [5.41, 5.74) is 4.60. The number of aliphatic carboxylic acids is 1. The number of fused-ring (bicyclic) bond motifs is 1.